The summed E-state index contributed by atoms with van der Waals surface area (Å²) >= 11 is 0. The first-order chi connectivity index (χ1) is 11.5. The van der Waals surface area contributed by atoms with Gasteiger partial charge in [-0.15, -0.1) is 0 Å². The molecule has 4 aliphatic rings. The number of benzene rings is 1. The maximum absolute atomic E-state index is 12.2. The molecule has 4 aliphatic carbocycles. The zero-order chi connectivity index (χ0) is 16.7. The van der Waals surface area contributed by atoms with Gasteiger partial charge in [-0.3, -0.25) is 0 Å². The second-order valence-electron chi connectivity index (χ2n) is 7.77. The molecule has 4 N–H and O–H groups in total. The van der Waals surface area contributed by atoms with Crippen LogP contribution in [0.3, 0.4) is 0 Å². The first-order valence-corrected chi connectivity index (χ1v) is 8.64. The molecule has 0 saturated heterocycles. The molecule has 0 unspecified atom stereocenters. The van der Waals surface area contributed by atoms with Gasteiger partial charge in [0.2, 0.25) is 0 Å². The Morgan fingerprint density at radius 2 is 1.71 bits per heavy atom. The number of nitrogens with one attached hydrogen (secondary N) is 2. The minimum absolute atomic E-state index is 0.0365. The third-order valence-electron chi connectivity index (χ3n) is 5.80. The Kier molecular flexibility index (Phi) is 3.62. The Labute approximate surface area is 141 Å². The van der Waals surface area contributed by atoms with Crippen molar-refractivity contribution in [3.63, 3.8) is 0 Å². The zero-order valence-electron chi connectivity index (χ0n) is 13.5. The van der Waals surface area contributed by atoms with Crippen molar-refractivity contribution in [2.45, 2.75) is 44.1 Å². The third kappa shape index (κ3) is 2.92. The monoisotopic (exact) mass is 329 g/mol. The van der Waals surface area contributed by atoms with Crippen molar-refractivity contribution in [2.75, 3.05) is 0 Å². The van der Waals surface area contributed by atoms with Crippen LogP contribution in [0.5, 0.6) is 11.5 Å². The molecule has 0 atom stereocenters. The smallest absolute Gasteiger partial charge is 0.335 e. The Balaban J connectivity index is 1.35. The molecule has 4 bridgehead atoms. The van der Waals surface area contributed by atoms with Crippen LogP contribution in [0.4, 0.5) is 4.79 Å². The second-order valence-corrected chi connectivity index (χ2v) is 7.77. The van der Waals surface area contributed by atoms with Gasteiger partial charge in [0.1, 0.15) is 0 Å². The number of carbonyl (C=O) groups excluding carboxylic acids is 1. The van der Waals surface area contributed by atoms with Gasteiger partial charge in [-0.25, -0.2) is 10.2 Å². The number of hydrogen-bond donors (Lipinski definition) is 4. The normalized spacial score (nSPS) is 33.8. The van der Waals surface area contributed by atoms with Gasteiger partial charge in [-0.1, -0.05) is 0 Å². The van der Waals surface area contributed by atoms with Crippen LogP contribution in [-0.4, -0.2) is 28.0 Å². The number of hydrogen-bond acceptors (Lipinski definition) is 4. The van der Waals surface area contributed by atoms with Crippen molar-refractivity contribution in [1.29, 1.82) is 0 Å². The predicted molar refractivity (Wildman–Crippen MR) is 89.9 cm³/mol. The zero-order valence-corrected chi connectivity index (χ0v) is 13.5. The van der Waals surface area contributed by atoms with E-state index in [2.05, 4.69) is 15.8 Å². The topological polar surface area (TPSA) is 94.0 Å². The van der Waals surface area contributed by atoms with Gasteiger partial charge < -0.3 is 15.5 Å². The van der Waals surface area contributed by atoms with Gasteiger partial charge in [0.15, 0.2) is 11.5 Å². The number of nitrogens with zero attached hydrogens (tertiary/aromatic N) is 1. The summed E-state index contributed by atoms with van der Waals surface area (Å²) in [5, 5.41) is 25.8. The number of phenolic OH excluding ortho intramolecular Hbond substituents is 2. The molecule has 1 aromatic rings. The molecule has 128 valence electrons. The fourth-order valence-electron chi connectivity index (χ4n) is 5.32. The number of hydrazone groups is 1. The molecule has 5 rings (SSSR count). The maximum Gasteiger partial charge on any atom is 0.335 e. The van der Waals surface area contributed by atoms with Crippen LogP contribution < -0.4 is 10.7 Å². The van der Waals surface area contributed by atoms with Gasteiger partial charge in [0.05, 0.1) is 6.21 Å². The fraction of sp³-hybridized carbons (Fsp3) is 0.556. The summed E-state index contributed by atoms with van der Waals surface area (Å²) in [7, 11) is 0. The van der Waals surface area contributed by atoms with Crippen molar-refractivity contribution in [2.24, 2.45) is 22.9 Å². The van der Waals surface area contributed by atoms with Crippen LogP contribution in [0.2, 0.25) is 0 Å². The van der Waals surface area contributed by atoms with E-state index in [4.69, 9.17) is 0 Å². The maximum atomic E-state index is 12.2. The van der Waals surface area contributed by atoms with E-state index in [1.807, 2.05) is 0 Å². The van der Waals surface area contributed by atoms with E-state index in [1.54, 1.807) is 6.07 Å². The Hall–Kier alpha value is -2.24. The van der Waals surface area contributed by atoms with E-state index in [9.17, 15) is 15.0 Å². The van der Waals surface area contributed by atoms with Crippen molar-refractivity contribution in [3.05, 3.63) is 23.8 Å². The molecule has 6 nitrogen and oxygen atoms in total. The minimum Gasteiger partial charge on any atom is -0.504 e. The van der Waals surface area contributed by atoms with Crippen LogP contribution in [-0.2, 0) is 0 Å². The highest BCUT2D eigenvalue weighted by Gasteiger charge is 2.51. The lowest BCUT2D eigenvalue weighted by Crippen LogP contribution is -2.61. The lowest BCUT2D eigenvalue weighted by Gasteiger charge is -2.56. The molecular weight excluding hydrogens is 306 g/mol. The van der Waals surface area contributed by atoms with Crippen molar-refractivity contribution in [1.82, 2.24) is 10.7 Å². The van der Waals surface area contributed by atoms with Gasteiger partial charge in [0, 0.05) is 5.54 Å². The Morgan fingerprint density at radius 1 is 1.08 bits per heavy atom. The average Bonchev–Trinajstić information content (AvgIpc) is 2.49. The van der Waals surface area contributed by atoms with E-state index in [1.165, 1.54) is 37.6 Å². The van der Waals surface area contributed by atoms with Crippen molar-refractivity contribution < 1.29 is 15.0 Å². The molecule has 6 heteroatoms. The summed E-state index contributed by atoms with van der Waals surface area (Å²) in [6.45, 7) is 0. The quantitative estimate of drug-likeness (QED) is 0.390. The van der Waals surface area contributed by atoms with Gasteiger partial charge in [-0.2, -0.15) is 5.10 Å². The second kappa shape index (κ2) is 5.69. The number of carbonyl (C=O) groups is 1. The molecule has 0 aromatic heterocycles. The summed E-state index contributed by atoms with van der Waals surface area (Å²) in [6, 6.07) is 4.11. The van der Waals surface area contributed by atoms with Crippen LogP contribution in [0.1, 0.15) is 44.1 Å². The predicted octanol–water partition coefficient (Wildman–Crippen LogP) is 2.70. The van der Waals surface area contributed by atoms with Crippen LogP contribution in [0, 0.1) is 17.8 Å². The summed E-state index contributed by atoms with van der Waals surface area (Å²) in [4.78, 5) is 12.2. The largest absolute Gasteiger partial charge is 0.504 e. The average molecular weight is 329 g/mol. The van der Waals surface area contributed by atoms with E-state index < -0.39 is 0 Å². The highest BCUT2D eigenvalue weighted by Crippen LogP contribution is 2.55. The fourth-order valence-corrected chi connectivity index (χ4v) is 5.32. The Bertz CT molecular complexity index is 651. The highest BCUT2D eigenvalue weighted by atomic mass is 16.3. The number of rotatable bonds is 3. The van der Waals surface area contributed by atoms with Crippen LogP contribution >= 0.6 is 0 Å². The van der Waals surface area contributed by atoms with Gasteiger partial charge in [0.25, 0.3) is 0 Å². The van der Waals surface area contributed by atoms with E-state index in [-0.39, 0.29) is 23.1 Å². The molecule has 1 aromatic carbocycles. The Morgan fingerprint density at radius 3 is 2.29 bits per heavy atom. The van der Waals surface area contributed by atoms with E-state index >= 15 is 0 Å². The molecule has 24 heavy (non-hydrogen) atoms. The summed E-state index contributed by atoms with van der Waals surface area (Å²) in [5.74, 6) is 1.94. The SMILES string of the molecule is O=C(N/N=C\c1ccc(O)c(O)c1)NC12CC3CC(CC(C3)C1)C2. The van der Waals surface area contributed by atoms with Crippen molar-refractivity contribution >= 4 is 12.2 Å². The molecule has 0 radical (unpaired) electrons. The van der Waals surface area contributed by atoms with E-state index in [0.717, 1.165) is 37.0 Å². The molecule has 0 heterocycles. The third-order valence-corrected chi connectivity index (χ3v) is 5.80. The number of aromatic hydroxyl groups is 2. The number of phenols is 2. The lowest BCUT2D eigenvalue weighted by atomic mass is 9.53. The standard InChI is InChI=1S/C18H23N3O3/c22-15-2-1-11(6-16(15)23)10-19-21-17(24)20-18-7-12-3-13(8-18)5-14(4-12)9-18/h1-2,6,10,12-14,22-23H,3-5,7-9H2,(H2,20,21,24)/b19-10-. The summed E-state index contributed by atoms with van der Waals surface area (Å²) in [5.41, 5.74) is 3.08. The highest BCUT2D eigenvalue weighted by molar-refractivity contribution is 5.83. The summed E-state index contributed by atoms with van der Waals surface area (Å²) in [6.07, 6.45) is 8.76. The van der Waals surface area contributed by atoms with Gasteiger partial charge >= 0.3 is 6.03 Å². The molecular formula is C18H23N3O3. The molecule has 2 amide bonds. The summed E-state index contributed by atoms with van der Waals surface area (Å²) < 4.78 is 0. The van der Waals surface area contributed by atoms with Crippen molar-refractivity contribution in [3.8, 4) is 11.5 Å². The van der Waals surface area contributed by atoms with Gasteiger partial charge in [-0.05, 0) is 80.0 Å². The lowest BCUT2D eigenvalue weighted by molar-refractivity contribution is -0.0135. The van der Waals surface area contributed by atoms with E-state index in [0.29, 0.717) is 5.56 Å². The van der Waals surface area contributed by atoms with Crippen LogP contribution in [0.15, 0.2) is 23.3 Å². The molecule has 0 spiro atoms. The number of amides is 2. The minimum atomic E-state index is -0.267. The molecule has 0 aliphatic heterocycles. The number of urea groups is 1. The molecule has 4 saturated carbocycles. The van der Waals surface area contributed by atoms with Crippen LogP contribution in [0.25, 0.3) is 0 Å². The first kappa shape index (κ1) is 15.3. The molecule has 4 fully saturated rings. The first-order valence-electron chi connectivity index (χ1n) is 8.64.